The average Bonchev–Trinajstić information content (AvgIpc) is 3.49. The van der Waals surface area contributed by atoms with Crippen LogP contribution in [0, 0.1) is 17.0 Å². The summed E-state index contributed by atoms with van der Waals surface area (Å²) in [6, 6.07) is 10.7. The molecule has 0 saturated heterocycles. The molecule has 1 aromatic heterocycles. The molecule has 4 rings (SSSR count). The Morgan fingerprint density at radius 2 is 1.94 bits per heavy atom. The summed E-state index contributed by atoms with van der Waals surface area (Å²) in [5, 5.41) is 17.6. The van der Waals surface area contributed by atoms with E-state index in [9.17, 15) is 28.1 Å². The van der Waals surface area contributed by atoms with Crippen LogP contribution < -0.4 is 10.1 Å². The van der Waals surface area contributed by atoms with Crippen LogP contribution in [0.15, 0.2) is 48.5 Å². The van der Waals surface area contributed by atoms with Gasteiger partial charge >= 0.3 is 6.18 Å². The van der Waals surface area contributed by atoms with Crippen LogP contribution in [0.2, 0.25) is 0 Å². The molecular weight excluding hydrogens is 453 g/mol. The highest BCUT2D eigenvalue weighted by atomic mass is 19.4. The van der Waals surface area contributed by atoms with Crippen molar-refractivity contribution in [2.24, 2.45) is 0 Å². The van der Waals surface area contributed by atoms with E-state index in [4.69, 9.17) is 4.74 Å². The van der Waals surface area contributed by atoms with Crippen LogP contribution >= 0.6 is 0 Å². The van der Waals surface area contributed by atoms with Crippen molar-refractivity contribution in [3.63, 3.8) is 0 Å². The van der Waals surface area contributed by atoms with Gasteiger partial charge in [-0.1, -0.05) is 12.1 Å². The van der Waals surface area contributed by atoms with Gasteiger partial charge in [0.2, 0.25) is 5.91 Å². The predicted molar refractivity (Wildman–Crippen MR) is 117 cm³/mol. The molecule has 1 aliphatic rings. The van der Waals surface area contributed by atoms with Crippen LogP contribution in [-0.2, 0) is 11.0 Å². The standard InChI is InChI=1S/C23H21F3N4O4/c1-13-4-3-5-18(8-13)34-19-10-16(9-17(11-19)30(32)33)27-22(31)14(2)29-20(15-6-7-15)12-21(28-29)23(24,25)26/h3-5,8-12,14-15H,6-7H2,1-2H3,(H,27,31). The first-order valence-electron chi connectivity index (χ1n) is 10.5. The third-order valence-electron chi connectivity index (χ3n) is 5.39. The number of nitrogens with one attached hydrogen (secondary N) is 1. The number of amides is 1. The molecule has 1 aliphatic carbocycles. The zero-order chi connectivity index (χ0) is 24.6. The highest BCUT2D eigenvalue weighted by Crippen LogP contribution is 2.43. The Kier molecular flexibility index (Phi) is 6.03. The Bertz CT molecular complexity index is 1250. The highest BCUT2D eigenvalue weighted by molar-refractivity contribution is 5.94. The summed E-state index contributed by atoms with van der Waals surface area (Å²) in [7, 11) is 0. The molecule has 8 nitrogen and oxygen atoms in total. The smallest absolute Gasteiger partial charge is 0.435 e. The first-order valence-corrected chi connectivity index (χ1v) is 10.5. The molecule has 34 heavy (non-hydrogen) atoms. The summed E-state index contributed by atoms with van der Waals surface area (Å²) in [5.74, 6) is -0.164. The summed E-state index contributed by atoms with van der Waals surface area (Å²) >= 11 is 0. The fourth-order valence-electron chi connectivity index (χ4n) is 3.53. The van der Waals surface area contributed by atoms with Crippen LogP contribution in [0.4, 0.5) is 24.5 Å². The zero-order valence-corrected chi connectivity index (χ0v) is 18.3. The number of carbonyl (C=O) groups excluding carboxylic acids is 1. The number of non-ortho nitro benzene ring substituents is 1. The van der Waals surface area contributed by atoms with Gasteiger partial charge in [-0.25, -0.2) is 0 Å². The number of aromatic nitrogens is 2. The third-order valence-corrected chi connectivity index (χ3v) is 5.39. The fourth-order valence-corrected chi connectivity index (χ4v) is 3.53. The van der Waals surface area contributed by atoms with Crippen molar-refractivity contribution in [3.05, 3.63) is 75.6 Å². The predicted octanol–water partition coefficient (Wildman–Crippen LogP) is 5.99. The van der Waals surface area contributed by atoms with Gasteiger partial charge in [0.25, 0.3) is 5.69 Å². The molecule has 3 aromatic rings. The minimum atomic E-state index is -4.63. The molecule has 1 saturated carbocycles. The number of aryl methyl sites for hydroxylation is 1. The molecule has 1 heterocycles. The van der Waals surface area contributed by atoms with E-state index in [1.54, 1.807) is 18.2 Å². The van der Waals surface area contributed by atoms with Crippen molar-refractivity contribution in [2.75, 3.05) is 5.32 Å². The van der Waals surface area contributed by atoms with Gasteiger partial charge in [-0.15, -0.1) is 0 Å². The van der Waals surface area contributed by atoms with E-state index >= 15 is 0 Å². The van der Waals surface area contributed by atoms with Crippen LogP contribution in [0.1, 0.15) is 48.7 Å². The van der Waals surface area contributed by atoms with Crippen LogP contribution in [0.25, 0.3) is 0 Å². The lowest BCUT2D eigenvalue weighted by atomic mass is 10.2. The second kappa shape index (κ2) is 8.81. The van der Waals surface area contributed by atoms with Gasteiger partial charge in [0.15, 0.2) is 5.69 Å². The van der Waals surface area contributed by atoms with Crippen molar-refractivity contribution in [1.82, 2.24) is 9.78 Å². The van der Waals surface area contributed by atoms with E-state index in [-0.39, 0.29) is 23.0 Å². The van der Waals surface area contributed by atoms with Crippen molar-refractivity contribution in [3.8, 4) is 11.5 Å². The normalized spacial score (nSPS) is 14.5. The van der Waals surface area contributed by atoms with Gasteiger partial charge in [-0.05, 0) is 50.5 Å². The minimum absolute atomic E-state index is 0.0740. The Hall–Kier alpha value is -3.89. The third kappa shape index (κ3) is 5.19. The maximum Gasteiger partial charge on any atom is 0.435 e. The quantitative estimate of drug-likeness (QED) is 0.335. The molecule has 0 aliphatic heterocycles. The van der Waals surface area contributed by atoms with Crippen molar-refractivity contribution in [1.29, 1.82) is 0 Å². The molecule has 2 aromatic carbocycles. The molecule has 1 N–H and O–H groups in total. The Labute approximate surface area is 192 Å². The summed E-state index contributed by atoms with van der Waals surface area (Å²) in [5.41, 5.74) is -0.0278. The monoisotopic (exact) mass is 474 g/mol. The summed E-state index contributed by atoms with van der Waals surface area (Å²) < 4.78 is 46.4. The van der Waals surface area contributed by atoms with Crippen molar-refractivity contribution >= 4 is 17.3 Å². The van der Waals surface area contributed by atoms with E-state index in [1.165, 1.54) is 19.1 Å². The number of rotatable bonds is 7. The maximum atomic E-state index is 13.2. The maximum absolute atomic E-state index is 13.2. The largest absolute Gasteiger partial charge is 0.457 e. The Morgan fingerprint density at radius 3 is 2.56 bits per heavy atom. The zero-order valence-electron chi connectivity index (χ0n) is 18.3. The van der Waals surface area contributed by atoms with Gasteiger partial charge in [0, 0.05) is 23.7 Å². The van der Waals surface area contributed by atoms with Gasteiger partial charge in [0.05, 0.1) is 16.7 Å². The van der Waals surface area contributed by atoms with E-state index < -0.39 is 28.7 Å². The van der Waals surface area contributed by atoms with Gasteiger partial charge < -0.3 is 10.1 Å². The van der Waals surface area contributed by atoms with Gasteiger partial charge in [-0.2, -0.15) is 18.3 Å². The molecule has 0 spiro atoms. The lowest BCUT2D eigenvalue weighted by Crippen LogP contribution is -2.26. The number of ether oxygens (including phenoxy) is 1. The molecule has 1 amide bonds. The van der Waals surface area contributed by atoms with Crippen LogP contribution in [-0.4, -0.2) is 20.6 Å². The molecule has 0 bridgehead atoms. The average molecular weight is 474 g/mol. The number of hydrogen-bond acceptors (Lipinski definition) is 5. The lowest BCUT2D eigenvalue weighted by molar-refractivity contribution is -0.384. The molecule has 11 heteroatoms. The first kappa shape index (κ1) is 23.3. The fraction of sp³-hybridized carbons (Fsp3) is 0.304. The van der Waals surface area contributed by atoms with E-state index in [2.05, 4.69) is 10.4 Å². The molecule has 1 unspecified atom stereocenters. The second-order valence-electron chi connectivity index (χ2n) is 8.23. The molecule has 1 fully saturated rings. The van der Waals surface area contributed by atoms with E-state index in [0.717, 1.165) is 35.2 Å². The lowest BCUT2D eigenvalue weighted by Gasteiger charge is -2.16. The summed E-state index contributed by atoms with van der Waals surface area (Å²) in [6.45, 7) is 3.29. The topological polar surface area (TPSA) is 99.3 Å². The van der Waals surface area contributed by atoms with Gasteiger partial charge in [0.1, 0.15) is 17.5 Å². The molecular formula is C23H21F3N4O4. The highest BCUT2D eigenvalue weighted by Gasteiger charge is 2.39. The molecule has 1 atom stereocenters. The number of nitro groups is 1. The number of halogens is 3. The van der Waals surface area contributed by atoms with Crippen molar-refractivity contribution < 1.29 is 27.6 Å². The summed E-state index contributed by atoms with van der Waals surface area (Å²) in [6.07, 6.45) is -3.18. The van der Waals surface area contributed by atoms with E-state index in [0.29, 0.717) is 11.4 Å². The minimum Gasteiger partial charge on any atom is -0.457 e. The number of alkyl halides is 3. The number of anilines is 1. The number of hydrogen-bond donors (Lipinski definition) is 1. The Balaban J connectivity index is 1.59. The molecule has 178 valence electrons. The number of nitrogens with zero attached hydrogens (tertiary/aromatic N) is 3. The van der Waals surface area contributed by atoms with Crippen LogP contribution in [0.5, 0.6) is 11.5 Å². The number of benzene rings is 2. The Morgan fingerprint density at radius 1 is 1.21 bits per heavy atom. The van der Waals surface area contributed by atoms with E-state index in [1.807, 2.05) is 13.0 Å². The SMILES string of the molecule is Cc1cccc(Oc2cc(NC(=O)C(C)n3nc(C(F)(F)F)cc3C3CC3)cc([N+](=O)[O-])c2)c1. The number of carbonyl (C=O) groups is 1. The van der Waals surface area contributed by atoms with Crippen molar-refractivity contribution in [2.45, 2.75) is 44.8 Å². The first-order chi connectivity index (χ1) is 16.0. The summed E-state index contributed by atoms with van der Waals surface area (Å²) in [4.78, 5) is 23.7. The van der Waals surface area contributed by atoms with Crippen LogP contribution in [0.3, 0.4) is 0 Å². The number of nitro benzene ring substituents is 1. The van der Waals surface area contributed by atoms with Gasteiger partial charge in [-0.3, -0.25) is 19.6 Å². The second-order valence-corrected chi connectivity index (χ2v) is 8.23. The molecule has 0 radical (unpaired) electrons.